The number of thioether (sulfide) groups is 1. The van der Waals surface area contributed by atoms with Crippen LogP contribution >= 0.6 is 27.7 Å². The largest absolute Gasteiger partial charge is 0.378 e. The predicted octanol–water partition coefficient (Wildman–Crippen LogP) is 4.14. The van der Waals surface area contributed by atoms with Crippen LogP contribution in [0.2, 0.25) is 0 Å². The zero-order chi connectivity index (χ0) is 19.9. The lowest BCUT2D eigenvalue weighted by Gasteiger charge is -2.28. The van der Waals surface area contributed by atoms with Crippen molar-refractivity contribution < 1.29 is 9.53 Å². The van der Waals surface area contributed by atoms with Crippen LogP contribution in [0.3, 0.4) is 0 Å². The number of carbonyl (C=O) groups is 1. The number of aryl methyl sites for hydroxylation is 2. The van der Waals surface area contributed by atoms with Crippen molar-refractivity contribution in [2.75, 3.05) is 37.0 Å². The molecule has 0 aliphatic carbocycles. The second kappa shape index (κ2) is 10.1. The molecule has 1 aliphatic rings. The molecule has 5 nitrogen and oxygen atoms in total. The van der Waals surface area contributed by atoms with Crippen molar-refractivity contribution in [1.82, 2.24) is 5.43 Å². The standard InChI is InChI=1S/C21H24BrN3O2S/c1-15-12-20(16(2)11-19(15)22)28-14-21(26)24-23-13-17-3-5-18(6-4-17)25-7-9-27-10-8-25/h3-6,11-13H,7-10,14H2,1-2H3,(H,24,26). The van der Waals surface area contributed by atoms with Crippen LogP contribution in [0.5, 0.6) is 0 Å². The van der Waals surface area contributed by atoms with Crippen LogP contribution in [-0.4, -0.2) is 44.2 Å². The summed E-state index contributed by atoms with van der Waals surface area (Å²) in [4.78, 5) is 15.5. The summed E-state index contributed by atoms with van der Waals surface area (Å²) in [6.45, 7) is 7.46. The topological polar surface area (TPSA) is 53.9 Å². The van der Waals surface area contributed by atoms with Crippen LogP contribution in [-0.2, 0) is 9.53 Å². The number of morpholine rings is 1. The van der Waals surface area contributed by atoms with Crippen LogP contribution in [0, 0.1) is 13.8 Å². The normalized spacial score (nSPS) is 14.5. The molecule has 7 heteroatoms. The van der Waals surface area contributed by atoms with Crippen LogP contribution in [0.1, 0.15) is 16.7 Å². The lowest BCUT2D eigenvalue weighted by Crippen LogP contribution is -2.36. The third kappa shape index (κ3) is 5.83. The number of hydrogen-bond acceptors (Lipinski definition) is 5. The molecule has 148 valence electrons. The van der Waals surface area contributed by atoms with Crippen molar-refractivity contribution in [3.63, 3.8) is 0 Å². The second-order valence-electron chi connectivity index (χ2n) is 6.64. The Balaban J connectivity index is 1.47. The number of benzene rings is 2. The van der Waals surface area contributed by atoms with Crippen LogP contribution < -0.4 is 10.3 Å². The summed E-state index contributed by atoms with van der Waals surface area (Å²) >= 11 is 5.05. The van der Waals surface area contributed by atoms with Crippen molar-refractivity contribution in [1.29, 1.82) is 0 Å². The fraction of sp³-hybridized carbons (Fsp3) is 0.333. The molecule has 0 aromatic heterocycles. The summed E-state index contributed by atoms with van der Waals surface area (Å²) < 4.78 is 6.47. The highest BCUT2D eigenvalue weighted by Crippen LogP contribution is 2.28. The molecule has 0 spiro atoms. The van der Waals surface area contributed by atoms with Crippen molar-refractivity contribution in [2.45, 2.75) is 18.7 Å². The van der Waals surface area contributed by atoms with E-state index in [0.717, 1.165) is 52.4 Å². The first-order valence-corrected chi connectivity index (χ1v) is 10.9. The van der Waals surface area contributed by atoms with Gasteiger partial charge in [0.05, 0.1) is 25.2 Å². The van der Waals surface area contributed by atoms with Gasteiger partial charge in [0.1, 0.15) is 0 Å². The molecule has 2 aromatic rings. The highest BCUT2D eigenvalue weighted by molar-refractivity contribution is 9.10. The van der Waals surface area contributed by atoms with Gasteiger partial charge in [-0.2, -0.15) is 5.10 Å². The third-order valence-corrected chi connectivity index (χ3v) is 6.50. The van der Waals surface area contributed by atoms with Gasteiger partial charge in [0.25, 0.3) is 0 Å². The fourth-order valence-electron chi connectivity index (χ4n) is 2.86. The van der Waals surface area contributed by atoms with E-state index in [4.69, 9.17) is 4.74 Å². The maximum Gasteiger partial charge on any atom is 0.250 e. The summed E-state index contributed by atoms with van der Waals surface area (Å²) in [6, 6.07) is 12.3. The summed E-state index contributed by atoms with van der Waals surface area (Å²) in [6.07, 6.45) is 1.67. The molecule has 1 aliphatic heterocycles. The zero-order valence-electron chi connectivity index (χ0n) is 16.1. The smallest absolute Gasteiger partial charge is 0.250 e. The maximum atomic E-state index is 12.1. The van der Waals surface area contributed by atoms with Gasteiger partial charge in [-0.1, -0.05) is 28.1 Å². The van der Waals surface area contributed by atoms with Crippen molar-refractivity contribution in [2.24, 2.45) is 5.10 Å². The molecule has 0 bridgehead atoms. The van der Waals surface area contributed by atoms with Crippen molar-refractivity contribution >= 4 is 45.5 Å². The van der Waals surface area contributed by atoms with Gasteiger partial charge in [-0.3, -0.25) is 4.79 Å². The molecule has 1 amide bonds. The van der Waals surface area contributed by atoms with E-state index in [1.807, 2.05) is 26.0 Å². The summed E-state index contributed by atoms with van der Waals surface area (Å²) in [5.74, 6) is 0.209. The molecule has 1 fully saturated rings. The Labute approximate surface area is 178 Å². The van der Waals surface area contributed by atoms with Gasteiger partial charge in [-0.25, -0.2) is 5.43 Å². The Hall–Kier alpha value is -1.83. The van der Waals surface area contributed by atoms with Crippen molar-refractivity contribution in [3.8, 4) is 0 Å². The van der Waals surface area contributed by atoms with Gasteiger partial charge >= 0.3 is 0 Å². The van der Waals surface area contributed by atoms with Crippen LogP contribution in [0.25, 0.3) is 0 Å². The lowest BCUT2D eigenvalue weighted by molar-refractivity contribution is -0.118. The summed E-state index contributed by atoms with van der Waals surface area (Å²) in [5.41, 5.74) is 7.04. The maximum absolute atomic E-state index is 12.1. The number of carbonyl (C=O) groups excluding carboxylic acids is 1. The predicted molar refractivity (Wildman–Crippen MR) is 120 cm³/mol. The number of hydrazone groups is 1. The van der Waals surface area contributed by atoms with E-state index in [1.165, 1.54) is 17.4 Å². The number of amides is 1. The molecule has 0 unspecified atom stereocenters. The highest BCUT2D eigenvalue weighted by atomic mass is 79.9. The van der Waals surface area contributed by atoms with Crippen molar-refractivity contribution in [3.05, 3.63) is 57.6 Å². The van der Waals surface area contributed by atoms with Gasteiger partial charge in [0, 0.05) is 28.1 Å². The first kappa shape index (κ1) is 20.9. The fourth-order valence-corrected chi connectivity index (χ4v) is 4.21. The molecule has 1 heterocycles. The van der Waals surface area contributed by atoms with E-state index in [0.29, 0.717) is 5.75 Å². The van der Waals surface area contributed by atoms with E-state index in [2.05, 4.69) is 55.6 Å². The average molecular weight is 462 g/mol. The number of nitrogens with zero attached hydrogens (tertiary/aromatic N) is 2. The number of anilines is 1. The van der Waals surface area contributed by atoms with Gasteiger partial charge in [-0.15, -0.1) is 11.8 Å². The highest BCUT2D eigenvalue weighted by Gasteiger charge is 2.10. The SMILES string of the molecule is Cc1cc(SCC(=O)NN=Cc2ccc(N3CCOCC3)cc2)c(C)cc1Br. The first-order chi connectivity index (χ1) is 13.5. The van der Waals surface area contributed by atoms with E-state index < -0.39 is 0 Å². The van der Waals surface area contributed by atoms with E-state index in [1.54, 1.807) is 6.21 Å². The minimum atomic E-state index is -0.119. The molecular weight excluding hydrogens is 438 g/mol. The molecule has 1 saturated heterocycles. The van der Waals surface area contributed by atoms with Gasteiger partial charge in [-0.05, 0) is 54.8 Å². The second-order valence-corrected chi connectivity index (χ2v) is 8.51. The quantitative estimate of drug-likeness (QED) is 0.398. The van der Waals surface area contributed by atoms with Crippen LogP contribution in [0.15, 0.2) is 50.9 Å². The minimum Gasteiger partial charge on any atom is -0.378 e. The minimum absolute atomic E-state index is 0.119. The van der Waals surface area contributed by atoms with E-state index in [9.17, 15) is 4.79 Å². The Morgan fingerprint density at radius 3 is 2.64 bits per heavy atom. The first-order valence-electron chi connectivity index (χ1n) is 9.17. The Kier molecular flexibility index (Phi) is 7.53. The molecule has 3 rings (SSSR count). The van der Waals surface area contributed by atoms with E-state index >= 15 is 0 Å². The Morgan fingerprint density at radius 1 is 1.21 bits per heavy atom. The van der Waals surface area contributed by atoms with E-state index in [-0.39, 0.29) is 5.91 Å². The lowest BCUT2D eigenvalue weighted by atomic mass is 10.2. The molecular formula is C21H24BrN3O2S. The van der Waals surface area contributed by atoms with Crippen LogP contribution in [0.4, 0.5) is 5.69 Å². The Bertz CT molecular complexity index is 849. The van der Waals surface area contributed by atoms with Gasteiger partial charge in [0.2, 0.25) is 5.91 Å². The number of nitrogens with one attached hydrogen (secondary N) is 1. The molecule has 28 heavy (non-hydrogen) atoms. The molecule has 0 atom stereocenters. The molecule has 1 N–H and O–H groups in total. The van der Waals surface area contributed by atoms with Gasteiger partial charge in [0.15, 0.2) is 0 Å². The number of halogens is 1. The number of ether oxygens (including phenoxy) is 1. The average Bonchev–Trinajstić information content (AvgIpc) is 2.71. The number of rotatable bonds is 6. The zero-order valence-corrected chi connectivity index (χ0v) is 18.5. The summed E-state index contributed by atoms with van der Waals surface area (Å²) in [7, 11) is 0. The Morgan fingerprint density at radius 2 is 1.93 bits per heavy atom. The van der Waals surface area contributed by atoms with Gasteiger partial charge < -0.3 is 9.64 Å². The molecule has 0 saturated carbocycles. The molecule has 2 aromatic carbocycles. The molecule has 0 radical (unpaired) electrons. The summed E-state index contributed by atoms with van der Waals surface area (Å²) in [5, 5.41) is 4.07. The number of hydrogen-bond donors (Lipinski definition) is 1. The monoisotopic (exact) mass is 461 g/mol. The third-order valence-electron chi connectivity index (χ3n) is 4.49.